The van der Waals surface area contributed by atoms with Gasteiger partial charge in [-0.2, -0.15) is 9.71 Å². The molecule has 4 rings (SSSR count). The van der Waals surface area contributed by atoms with E-state index in [0.717, 1.165) is 16.9 Å². The Morgan fingerprint density at radius 2 is 1.97 bits per heavy atom. The molecule has 13 heteroatoms. The zero-order valence-electron chi connectivity index (χ0n) is 16.4. The molecule has 0 saturated carbocycles. The van der Waals surface area contributed by atoms with Crippen LogP contribution in [0.3, 0.4) is 0 Å². The molecular formula is C19H15ClN6O4S2. The van der Waals surface area contributed by atoms with Gasteiger partial charge >= 0.3 is 0 Å². The van der Waals surface area contributed by atoms with Gasteiger partial charge in [-0.15, -0.1) is 10.2 Å². The highest BCUT2D eigenvalue weighted by Gasteiger charge is 2.22. The minimum Gasteiger partial charge on any atom is -0.338 e. The molecule has 0 atom stereocenters. The summed E-state index contributed by atoms with van der Waals surface area (Å²) in [4.78, 5) is 16.5. The van der Waals surface area contributed by atoms with Gasteiger partial charge in [0.2, 0.25) is 21.2 Å². The molecule has 2 aromatic carbocycles. The minimum absolute atomic E-state index is 0.0536. The van der Waals surface area contributed by atoms with E-state index in [0.29, 0.717) is 16.1 Å². The van der Waals surface area contributed by atoms with Crippen molar-refractivity contribution >= 4 is 44.0 Å². The first kappa shape index (κ1) is 22.0. The number of halogens is 1. The molecule has 0 fully saturated rings. The predicted molar refractivity (Wildman–Crippen MR) is 118 cm³/mol. The highest BCUT2D eigenvalue weighted by Crippen LogP contribution is 2.22. The number of benzene rings is 2. The molecule has 164 valence electrons. The van der Waals surface area contributed by atoms with Crippen LogP contribution in [0.4, 0.5) is 5.13 Å². The number of amides is 1. The molecule has 0 radical (unpaired) electrons. The Morgan fingerprint density at radius 1 is 1.16 bits per heavy atom. The number of nitrogens with one attached hydrogen (secondary N) is 2. The maximum Gasteiger partial charge on any atom is 0.270 e. The topological polar surface area (TPSA) is 140 Å². The average molecular weight is 491 g/mol. The molecule has 0 aliphatic carbocycles. The van der Waals surface area contributed by atoms with Crippen molar-refractivity contribution in [2.24, 2.45) is 0 Å². The number of nitrogens with zero attached hydrogens (tertiary/aromatic N) is 4. The highest BCUT2D eigenvalue weighted by molar-refractivity contribution is 7.91. The molecule has 2 N–H and O–H groups in total. The van der Waals surface area contributed by atoms with Gasteiger partial charge in [-0.25, -0.2) is 8.42 Å². The van der Waals surface area contributed by atoms with Crippen LogP contribution in [0.25, 0.3) is 11.4 Å². The number of anilines is 1. The van der Waals surface area contributed by atoms with Gasteiger partial charge in [-0.1, -0.05) is 57.9 Å². The standard InChI is InChI=1S/C19H15ClN6O4S2/c1-11-4-2-6-13(8-11)17(27)23-18-24-25-19(31-18)32(28,29)21-10-15-22-16(26-30-15)12-5-3-7-14(20)9-12/h2-9,21H,10H2,1H3,(H,23,24,27). The van der Waals surface area contributed by atoms with E-state index in [2.05, 4.69) is 30.4 Å². The molecule has 0 spiro atoms. The van der Waals surface area contributed by atoms with Crippen molar-refractivity contribution in [1.29, 1.82) is 0 Å². The van der Waals surface area contributed by atoms with Crippen LogP contribution < -0.4 is 10.0 Å². The van der Waals surface area contributed by atoms with Crippen LogP contribution in [-0.2, 0) is 16.6 Å². The predicted octanol–water partition coefficient (Wildman–Crippen LogP) is 3.28. The van der Waals surface area contributed by atoms with Crippen molar-refractivity contribution in [3.05, 3.63) is 70.6 Å². The summed E-state index contributed by atoms with van der Waals surface area (Å²) in [6.07, 6.45) is 0. The zero-order chi connectivity index (χ0) is 22.7. The molecule has 32 heavy (non-hydrogen) atoms. The molecule has 2 heterocycles. The quantitative estimate of drug-likeness (QED) is 0.376. The molecule has 1 amide bonds. The van der Waals surface area contributed by atoms with Crippen LogP contribution in [0.2, 0.25) is 5.02 Å². The number of carbonyl (C=O) groups is 1. The fourth-order valence-electron chi connectivity index (χ4n) is 2.61. The van der Waals surface area contributed by atoms with E-state index in [9.17, 15) is 13.2 Å². The third-order valence-corrected chi connectivity index (χ3v) is 6.94. The van der Waals surface area contributed by atoms with Gasteiger partial charge in [0.1, 0.15) is 0 Å². The number of hydrogen-bond acceptors (Lipinski definition) is 9. The molecule has 10 nitrogen and oxygen atoms in total. The number of aromatic nitrogens is 4. The highest BCUT2D eigenvalue weighted by atomic mass is 35.5. The summed E-state index contributed by atoms with van der Waals surface area (Å²) in [6.45, 7) is 1.61. The summed E-state index contributed by atoms with van der Waals surface area (Å²) in [5.41, 5.74) is 1.98. The number of rotatable bonds is 7. The summed E-state index contributed by atoms with van der Waals surface area (Å²) in [6, 6.07) is 13.8. The minimum atomic E-state index is -4.01. The van der Waals surface area contributed by atoms with Gasteiger partial charge in [0.05, 0.1) is 6.54 Å². The van der Waals surface area contributed by atoms with Gasteiger partial charge in [0.15, 0.2) is 0 Å². The van der Waals surface area contributed by atoms with Gasteiger partial charge in [0.25, 0.3) is 15.9 Å². The van der Waals surface area contributed by atoms with Crippen molar-refractivity contribution in [2.75, 3.05) is 5.32 Å². The summed E-state index contributed by atoms with van der Waals surface area (Å²) in [5, 5.41) is 14.3. The lowest BCUT2D eigenvalue weighted by molar-refractivity contribution is 0.102. The van der Waals surface area contributed by atoms with Crippen molar-refractivity contribution in [2.45, 2.75) is 17.8 Å². The van der Waals surface area contributed by atoms with Crippen molar-refractivity contribution in [3.8, 4) is 11.4 Å². The van der Waals surface area contributed by atoms with Gasteiger partial charge in [-0.05, 0) is 31.2 Å². The smallest absolute Gasteiger partial charge is 0.270 e. The van der Waals surface area contributed by atoms with E-state index in [4.69, 9.17) is 16.1 Å². The molecule has 0 saturated heterocycles. The zero-order valence-corrected chi connectivity index (χ0v) is 18.8. The van der Waals surface area contributed by atoms with Gasteiger partial charge in [0, 0.05) is 16.1 Å². The van der Waals surface area contributed by atoms with Crippen molar-refractivity contribution in [3.63, 3.8) is 0 Å². The lowest BCUT2D eigenvalue weighted by Crippen LogP contribution is -2.23. The van der Waals surface area contributed by atoms with E-state index < -0.39 is 15.9 Å². The second kappa shape index (κ2) is 9.12. The van der Waals surface area contributed by atoms with Gasteiger partial charge < -0.3 is 4.52 Å². The van der Waals surface area contributed by atoms with Crippen LogP contribution in [0.15, 0.2) is 57.4 Å². The first-order valence-corrected chi connectivity index (χ1v) is 11.8. The molecule has 4 aromatic rings. The number of sulfonamides is 1. The first-order valence-electron chi connectivity index (χ1n) is 9.10. The lowest BCUT2D eigenvalue weighted by Gasteiger charge is -2.02. The number of carbonyl (C=O) groups excluding carboxylic acids is 1. The normalized spacial score (nSPS) is 11.4. The Kier molecular flexibility index (Phi) is 6.28. The summed E-state index contributed by atoms with van der Waals surface area (Å²) in [5.74, 6) is -0.0824. The number of hydrogen-bond donors (Lipinski definition) is 2. The Bertz CT molecular complexity index is 1390. The van der Waals surface area contributed by atoms with E-state index in [1.54, 1.807) is 42.5 Å². The number of aryl methyl sites for hydroxylation is 1. The monoisotopic (exact) mass is 490 g/mol. The molecular weight excluding hydrogens is 476 g/mol. The van der Waals surface area contributed by atoms with E-state index in [-0.39, 0.29) is 27.7 Å². The third-order valence-electron chi connectivity index (χ3n) is 4.10. The van der Waals surface area contributed by atoms with Crippen LogP contribution in [0, 0.1) is 6.92 Å². The van der Waals surface area contributed by atoms with Crippen LogP contribution >= 0.6 is 22.9 Å². The third kappa shape index (κ3) is 5.16. The fraction of sp³-hybridized carbons (Fsp3) is 0.105. The maximum atomic E-state index is 12.5. The second-order valence-corrected chi connectivity index (χ2v) is 9.90. The Morgan fingerprint density at radius 3 is 2.75 bits per heavy atom. The molecule has 0 aliphatic heterocycles. The SMILES string of the molecule is Cc1cccc(C(=O)Nc2nnc(S(=O)(=O)NCc3nc(-c4cccc(Cl)c4)no3)s2)c1. The van der Waals surface area contributed by atoms with Crippen LogP contribution in [-0.4, -0.2) is 34.7 Å². The molecule has 2 aromatic heterocycles. The largest absolute Gasteiger partial charge is 0.338 e. The Hall–Kier alpha value is -3.19. The molecule has 0 aliphatic rings. The van der Waals surface area contributed by atoms with Crippen molar-refractivity contribution < 1.29 is 17.7 Å². The second-order valence-electron chi connectivity index (χ2n) is 6.54. The summed E-state index contributed by atoms with van der Waals surface area (Å²) >= 11 is 6.67. The lowest BCUT2D eigenvalue weighted by atomic mass is 10.1. The molecule has 0 bridgehead atoms. The Labute approximate surface area is 191 Å². The fourth-order valence-corrected chi connectivity index (χ4v) is 4.71. The van der Waals surface area contributed by atoms with E-state index in [1.165, 1.54) is 0 Å². The van der Waals surface area contributed by atoms with Crippen LogP contribution in [0.1, 0.15) is 21.8 Å². The molecule has 0 unspecified atom stereocenters. The first-order chi connectivity index (χ1) is 15.3. The average Bonchev–Trinajstić information content (AvgIpc) is 3.43. The summed E-state index contributed by atoms with van der Waals surface area (Å²) in [7, 11) is -4.01. The van der Waals surface area contributed by atoms with E-state index >= 15 is 0 Å². The van der Waals surface area contributed by atoms with Crippen molar-refractivity contribution in [1.82, 2.24) is 25.1 Å². The van der Waals surface area contributed by atoms with Crippen LogP contribution in [0.5, 0.6) is 0 Å². The van der Waals surface area contributed by atoms with Gasteiger partial charge in [-0.3, -0.25) is 10.1 Å². The Balaban J connectivity index is 1.40. The summed E-state index contributed by atoms with van der Waals surface area (Å²) < 4.78 is 32.1. The maximum absolute atomic E-state index is 12.5. The van der Waals surface area contributed by atoms with E-state index in [1.807, 2.05) is 13.0 Å².